The van der Waals surface area contributed by atoms with Crippen LogP contribution in [0.5, 0.6) is 0 Å². The minimum absolute atomic E-state index is 0.290. The van der Waals surface area contributed by atoms with Gasteiger partial charge >= 0.3 is 5.97 Å². The van der Waals surface area contributed by atoms with E-state index in [1.54, 1.807) is 18.3 Å². The van der Waals surface area contributed by atoms with Crippen molar-refractivity contribution in [2.75, 3.05) is 6.61 Å². The molecule has 3 nitrogen and oxygen atoms in total. The molecule has 0 amide bonds. The molecule has 28 heavy (non-hydrogen) atoms. The summed E-state index contributed by atoms with van der Waals surface area (Å²) in [6.45, 7) is 2.09. The largest absolute Gasteiger partial charge is 0.462 e. The number of ether oxygens (including phenoxy) is 1. The molecule has 2 aromatic carbocycles. The van der Waals surface area contributed by atoms with Gasteiger partial charge in [-0.3, -0.25) is 0 Å². The van der Waals surface area contributed by atoms with Crippen molar-refractivity contribution in [1.29, 1.82) is 0 Å². The predicted molar refractivity (Wildman–Crippen MR) is 114 cm³/mol. The molecule has 2 aromatic heterocycles. The van der Waals surface area contributed by atoms with E-state index in [2.05, 4.69) is 0 Å². The first-order valence-corrected chi connectivity index (χ1v) is 10.1. The van der Waals surface area contributed by atoms with Crippen LogP contribution in [0.4, 0.5) is 0 Å². The molecule has 5 heteroatoms. The minimum atomic E-state index is -0.395. The van der Waals surface area contributed by atoms with Crippen LogP contribution in [0, 0.1) is 0 Å². The van der Waals surface area contributed by atoms with Gasteiger partial charge in [0.25, 0.3) is 0 Å². The van der Waals surface area contributed by atoms with E-state index in [9.17, 15) is 4.79 Å². The summed E-state index contributed by atoms with van der Waals surface area (Å²) < 4.78 is 11.7. The van der Waals surface area contributed by atoms with Gasteiger partial charge in [-0.25, -0.2) is 4.79 Å². The van der Waals surface area contributed by atoms with Gasteiger partial charge in [-0.15, -0.1) is 11.3 Å². The van der Waals surface area contributed by atoms with Crippen molar-refractivity contribution in [3.63, 3.8) is 0 Å². The first-order valence-electron chi connectivity index (χ1n) is 8.88. The van der Waals surface area contributed by atoms with Gasteiger partial charge in [0, 0.05) is 21.0 Å². The zero-order valence-corrected chi connectivity index (χ0v) is 16.7. The number of esters is 1. The first kappa shape index (κ1) is 18.5. The highest BCUT2D eigenvalue weighted by molar-refractivity contribution is 7.13. The number of halogens is 1. The van der Waals surface area contributed by atoms with E-state index in [4.69, 9.17) is 20.8 Å². The van der Waals surface area contributed by atoms with Crippen LogP contribution in [-0.2, 0) is 4.74 Å². The predicted octanol–water partition coefficient (Wildman–Crippen LogP) is 7.17. The van der Waals surface area contributed by atoms with Gasteiger partial charge in [-0.05, 0) is 42.6 Å². The molecule has 0 saturated heterocycles. The summed E-state index contributed by atoms with van der Waals surface area (Å²) >= 11 is 7.61. The Morgan fingerprint density at radius 2 is 1.68 bits per heavy atom. The van der Waals surface area contributed by atoms with Crippen molar-refractivity contribution in [3.8, 4) is 33.1 Å². The number of benzene rings is 2. The van der Waals surface area contributed by atoms with Crippen LogP contribution in [-0.4, -0.2) is 12.6 Å². The van der Waals surface area contributed by atoms with E-state index in [1.165, 1.54) is 0 Å². The standard InChI is InChI=1S/C23H17ClO3S/c1-2-26-23(25)20-19(18-9-6-14-28-18)21(16-10-12-17(24)13-11-16)27-22(20)15-7-4-3-5-8-15/h3-14H,2H2,1H3. The summed E-state index contributed by atoms with van der Waals surface area (Å²) in [4.78, 5) is 13.9. The molecule has 0 spiro atoms. The van der Waals surface area contributed by atoms with E-state index in [-0.39, 0.29) is 0 Å². The fourth-order valence-corrected chi connectivity index (χ4v) is 3.98. The van der Waals surface area contributed by atoms with Crippen molar-refractivity contribution in [3.05, 3.63) is 82.7 Å². The Labute approximate surface area is 172 Å². The highest BCUT2D eigenvalue weighted by Gasteiger charge is 2.29. The third kappa shape index (κ3) is 3.49. The number of hydrogen-bond acceptors (Lipinski definition) is 4. The Morgan fingerprint density at radius 3 is 2.32 bits per heavy atom. The normalized spacial score (nSPS) is 10.8. The summed E-state index contributed by atoms with van der Waals surface area (Å²) in [5.41, 5.74) is 2.86. The zero-order chi connectivity index (χ0) is 19.5. The SMILES string of the molecule is CCOC(=O)c1c(-c2ccccc2)oc(-c2ccc(Cl)cc2)c1-c1cccs1. The van der Waals surface area contributed by atoms with E-state index >= 15 is 0 Å². The molecule has 0 N–H and O–H groups in total. The van der Waals surface area contributed by atoms with Crippen LogP contribution in [0.1, 0.15) is 17.3 Å². The van der Waals surface area contributed by atoms with Gasteiger partial charge < -0.3 is 9.15 Å². The van der Waals surface area contributed by atoms with Crippen LogP contribution in [0.15, 0.2) is 76.5 Å². The second-order valence-electron chi connectivity index (χ2n) is 6.08. The third-order valence-electron chi connectivity index (χ3n) is 4.30. The van der Waals surface area contributed by atoms with Crippen molar-refractivity contribution >= 4 is 28.9 Å². The molecule has 4 rings (SSSR count). The topological polar surface area (TPSA) is 39.4 Å². The number of carbonyl (C=O) groups excluding carboxylic acids is 1. The van der Waals surface area contributed by atoms with Crippen LogP contribution < -0.4 is 0 Å². The molecule has 0 atom stereocenters. The van der Waals surface area contributed by atoms with Crippen molar-refractivity contribution in [2.45, 2.75) is 6.92 Å². The van der Waals surface area contributed by atoms with Gasteiger partial charge in [0.2, 0.25) is 0 Å². The molecule has 0 aliphatic carbocycles. The van der Waals surface area contributed by atoms with Crippen LogP contribution >= 0.6 is 22.9 Å². The summed E-state index contributed by atoms with van der Waals surface area (Å²) in [5.74, 6) is 0.738. The number of hydrogen-bond donors (Lipinski definition) is 0. The molecule has 4 aromatic rings. The lowest BCUT2D eigenvalue weighted by atomic mass is 10.0. The molecular weight excluding hydrogens is 392 g/mol. The maximum absolute atomic E-state index is 13.0. The molecule has 0 saturated carbocycles. The maximum atomic E-state index is 13.0. The van der Waals surface area contributed by atoms with Gasteiger partial charge in [0.1, 0.15) is 17.1 Å². The zero-order valence-electron chi connectivity index (χ0n) is 15.1. The number of furan rings is 1. The van der Waals surface area contributed by atoms with Gasteiger partial charge in [-0.1, -0.05) is 48.0 Å². The molecule has 2 heterocycles. The Balaban J connectivity index is 2.03. The summed E-state index contributed by atoms with van der Waals surface area (Å²) in [5, 5.41) is 2.62. The molecule has 0 aliphatic heterocycles. The lowest BCUT2D eigenvalue weighted by Gasteiger charge is -2.06. The van der Waals surface area contributed by atoms with Crippen molar-refractivity contribution in [2.24, 2.45) is 0 Å². The second-order valence-corrected chi connectivity index (χ2v) is 7.47. The van der Waals surface area contributed by atoms with Crippen molar-refractivity contribution < 1.29 is 13.9 Å². The number of carbonyl (C=O) groups is 1. The fraction of sp³-hybridized carbons (Fsp3) is 0.0870. The lowest BCUT2D eigenvalue weighted by molar-refractivity contribution is 0.0527. The van der Waals surface area contributed by atoms with Gasteiger partial charge in [-0.2, -0.15) is 0 Å². The molecule has 0 bridgehead atoms. The molecule has 0 radical (unpaired) electrons. The quantitative estimate of drug-likeness (QED) is 0.328. The van der Waals surface area contributed by atoms with E-state index in [0.717, 1.165) is 21.6 Å². The summed E-state index contributed by atoms with van der Waals surface area (Å²) in [6, 6.07) is 20.9. The van der Waals surface area contributed by atoms with E-state index in [0.29, 0.717) is 28.7 Å². The highest BCUT2D eigenvalue weighted by Crippen LogP contribution is 2.45. The van der Waals surface area contributed by atoms with Crippen LogP contribution in [0.2, 0.25) is 5.02 Å². The lowest BCUT2D eigenvalue weighted by Crippen LogP contribution is -2.06. The third-order valence-corrected chi connectivity index (χ3v) is 5.44. The smallest absolute Gasteiger partial charge is 0.342 e. The average Bonchev–Trinajstić information content (AvgIpc) is 3.37. The summed E-state index contributed by atoms with van der Waals surface area (Å²) in [6.07, 6.45) is 0. The van der Waals surface area contributed by atoms with Gasteiger partial charge in [0.05, 0.1) is 12.2 Å². The molecule has 0 aliphatic rings. The first-order chi connectivity index (χ1) is 13.7. The Bertz CT molecular complexity index is 1080. The molecule has 140 valence electrons. The molecule has 0 unspecified atom stereocenters. The summed E-state index contributed by atoms with van der Waals surface area (Å²) in [7, 11) is 0. The Morgan fingerprint density at radius 1 is 0.964 bits per heavy atom. The molecule has 0 fully saturated rings. The average molecular weight is 409 g/mol. The molecular formula is C23H17ClO3S. The highest BCUT2D eigenvalue weighted by atomic mass is 35.5. The Kier molecular flexibility index (Phi) is 5.33. The van der Waals surface area contributed by atoms with Crippen LogP contribution in [0.25, 0.3) is 33.1 Å². The van der Waals surface area contributed by atoms with E-state index < -0.39 is 5.97 Å². The number of thiophene rings is 1. The fourth-order valence-electron chi connectivity index (χ4n) is 3.08. The van der Waals surface area contributed by atoms with Gasteiger partial charge in [0.15, 0.2) is 0 Å². The van der Waals surface area contributed by atoms with Crippen molar-refractivity contribution in [1.82, 2.24) is 0 Å². The number of rotatable bonds is 5. The maximum Gasteiger partial charge on any atom is 0.342 e. The minimum Gasteiger partial charge on any atom is -0.462 e. The Hall–Kier alpha value is -2.82. The monoisotopic (exact) mass is 408 g/mol. The second kappa shape index (κ2) is 8.05. The van der Waals surface area contributed by atoms with Crippen LogP contribution in [0.3, 0.4) is 0 Å². The van der Waals surface area contributed by atoms with E-state index in [1.807, 2.05) is 72.1 Å².